The molecule has 1 atom stereocenters. The van der Waals surface area contributed by atoms with Gasteiger partial charge in [-0.3, -0.25) is 4.90 Å². The fraction of sp³-hybridized carbons (Fsp3) is 0.500. The van der Waals surface area contributed by atoms with Crippen molar-refractivity contribution in [2.24, 2.45) is 10.8 Å². The smallest absolute Gasteiger partial charge is 0.187 e. The average molecular weight is 445 g/mol. The molecule has 1 aromatic carbocycles. The van der Waals surface area contributed by atoms with Crippen LogP contribution in [0, 0.1) is 22.2 Å². The maximum Gasteiger partial charge on any atom is 0.187 e. The quantitative estimate of drug-likeness (QED) is 0.552. The van der Waals surface area contributed by atoms with Crippen LogP contribution in [-0.4, -0.2) is 38.4 Å². The number of aromatic nitrogens is 2. The van der Waals surface area contributed by atoms with Crippen LogP contribution in [0.3, 0.4) is 0 Å². The molecule has 30 heavy (non-hydrogen) atoms. The molecule has 2 heterocycles. The summed E-state index contributed by atoms with van der Waals surface area (Å²) in [7, 11) is 0. The first-order valence-corrected chi connectivity index (χ1v) is 11.4. The molecule has 1 saturated carbocycles. The summed E-state index contributed by atoms with van der Waals surface area (Å²) in [6.07, 6.45) is 2.86. The van der Waals surface area contributed by atoms with Crippen LogP contribution < -0.4 is 4.74 Å². The van der Waals surface area contributed by atoms with Gasteiger partial charge in [0, 0.05) is 41.2 Å². The Hall–Kier alpha value is -1.85. The van der Waals surface area contributed by atoms with Gasteiger partial charge in [-0.15, -0.1) is 0 Å². The standard InChI is InChI=1S/C22H25ClN4O2S/c1-21(2)18(27-11-16-14(17(27)28)10-25-20(26-16)30-5)22(3,4)19(21)29-13-7-6-12(9-24)15(23)8-13/h6-8,10,17-19,28H,11H2,1-5H3. The molecule has 1 aromatic heterocycles. The van der Waals surface area contributed by atoms with Crippen LogP contribution in [0.1, 0.15) is 50.7 Å². The number of hydrogen-bond donors (Lipinski definition) is 1. The number of halogens is 1. The maximum atomic E-state index is 11.0. The fourth-order valence-corrected chi connectivity index (χ4v) is 6.15. The van der Waals surface area contributed by atoms with Crippen LogP contribution >= 0.6 is 23.4 Å². The highest BCUT2D eigenvalue weighted by molar-refractivity contribution is 7.98. The van der Waals surface area contributed by atoms with Crippen molar-refractivity contribution < 1.29 is 9.84 Å². The van der Waals surface area contributed by atoms with E-state index >= 15 is 0 Å². The van der Waals surface area contributed by atoms with E-state index in [0.717, 1.165) is 11.3 Å². The first-order chi connectivity index (χ1) is 14.1. The second-order valence-corrected chi connectivity index (χ2v) is 10.3. The molecule has 1 aliphatic carbocycles. The van der Waals surface area contributed by atoms with Crippen molar-refractivity contribution in [3.05, 3.63) is 46.2 Å². The number of aliphatic hydroxyl groups excluding tert-OH is 1. The summed E-state index contributed by atoms with van der Waals surface area (Å²) >= 11 is 7.68. The molecule has 2 aromatic rings. The second-order valence-electron chi connectivity index (χ2n) is 9.10. The van der Waals surface area contributed by atoms with Gasteiger partial charge in [0.15, 0.2) is 5.16 Å². The third-order valence-electron chi connectivity index (χ3n) is 6.39. The van der Waals surface area contributed by atoms with Gasteiger partial charge in [0.25, 0.3) is 0 Å². The summed E-state index contributed by atoms with van der Waals surface area (Å²) in [6, 6.07) is 7.30. The van der Waals surface area contributed by atoms with Crippen molar-refractivity contribution in [1.82, 2.24) is 14.9 Å². The lowest BCUT2D eigenvalue weighted by Crippen LogP contribution is -2.74. The highest BCUT2D eigenvalue weighted by Crippen LogP contribution is 2.60. The van der Waals surface area contributed by atoms with E-state index in [1.165, 1.54) is 11.8 Å². The number of ether oxygens (including phenoxy) is 1. The molecule has 1 unspecified atom stereocenters. The van der Waals surface area contributed by atoms with Crippen molar-refractivity contribution in [3.8, 4) is 11.8 Å². The maximum absolute atomic E-state index is 11.0. The van der Waals surface area contributed by atoms with E-state index in [0.29, 0.717) is 28.0 Å². The third-order valence-corrected chi connectivity index (χ3v) is 7.27. The van der Waals surface area contributed by atoms with Gasteiger partial charge in [-0.05, 0) is 18.4 Å². The van der Waals surface area contributed by atoms with Crippen LogP contribution in [0.5, 0.6) is 5.75 Å². The second kappa shape index (κ2) is 7.38. The molecule has 2 aliphatic rings. The van der Waals surface area contributed by atoms with E-state index in [4.69, 9.17) is 21.6 Å². The summed E-state index contributed by atoms with van der Waals surface area (Å²) in [5, 5.41) is 21.2. The lowest BCUT2D eigenvalue weighted by Gasteiger charge is -2.66. The van der Waals surface area contributed by atoms with Crippen LogP contribution in [0.25, 0.3) is 0 Å². The van der Waals surface area contributed by atoms with E-state index in [1.54, 1.807) is 24.4 Å². The Bertz CT molecular complexity index is 1020. The molecule has 4 rings (SSSR count). The largest absolute Gasteiger partial charge is 0.489 e. The van der Waals surface area contributed by atoms with Gasteiger partial charge in [-0.1, -0.05) is 51.1 Å². The molecule has 0 bridgehead atoms. The molecule has 0 amide bonds. The minimum Gasteiger partial charge on any atom is -0.489 e. The minimum atomic E-state index is -0.732. The van der Waals surface area contributed by atoms with E-state index < -0.39 is 6.23 Å². The molecule has 0 radical (unpaired) electrons. The lowest BCUT2D eigenvalue weighted by atomic mass is 9.49. The van der Waals surface area contributed by atoms with Gasteiger partial charge >= 0.3 is 0 Å². The first-order valence-electron chi connectivity index (χ1n) is 9.81. The summed E-state index contributed by atoms with van der Waals surface area (Å²) in [5.41, 5.74) is 1.63. The molecule has 1 aliphatic heterocycles. The van der Waals surface area contributed by atoms with E-state index in [-0.39, 0.29) is 23.0 Å². The van der Waals surface area contributed by atoms with Crippen molar-refractivity contribution in [2.45, 2.75) is 57.8 Å². The number of nitrogens with zero attached hydrogens (tertiary/aromatic N) is 4. The van der Waals surface area contributed by atoms with Crippen LogP contribution in [-0.2, 0) is 6.54 Å². The fourth-order valence-electron chi connectivity index (χ4n) is 5.58. The van der Waals surface area contributed by atoms with Gasteiger partial charge in [-0.2, -0.15) is 5.26 Å². The molecular formula is C22H25ClN4O2S. The van der Waals surface area contributed by atoms with Gasteiger partial charge in [0.05, 0.1) is 16.3 Å². The lowest BCUT2D eigenvalue weighted by molar-refractivity contribution is -0.235. The zero-order valence-corrected chi connectivity index (χ0v) is 19.3. The third kappa shape index (κ3) is 3.18. The van der Waals surface area contributed by atoms with Gasteiger partial charge < -0.3 is 9.84 Å². The van der Waals surface area contributed by atoms with Gasteiger partial charge in [-0.25, -0.2) is 9.97 Å². The number of aliphatic hydroxyl groups is 1. The summed E-state index contributed by atoms with van der Waals surface area (Å²) in [4.78, 5) is 11.0. The number of benzene rings is 1. The summed E-state index contributed by atoms with van der Waals surface area (Å²) < 4.78 is 6.37. The molecule has 1 N–H and O–H groups in total. The molecule has 0 spiro atoms. The summed E-state index contributed by atoms with van der Waals surface area (Å²) in [6.45, 7) is 9.22. The van der Waals surface area contributed by atoms with E-state index in [9.17, 15) is 5.11 Å². The Balaban J connectivity index is 1.58. The number of thioether (sulfide) groups is 1. The zero-order valence-electron chi connectivity index (χ0n) is 17.7. The number of nitriles is 1. The predicted molar refractivity (Wildman–Crippen MR) is 116 cm³/mol. The van der Waals surface area contributed by atoms with Gasteiger partial charge in [0.1, 0.15) is 24.2 Å². The monoisotopic (exact) mass is 444 g/mol. The van der Waals surface area contributed by atoms with Crippen LogP contribution in [0.4, 0.5) is 0 Å². The molecule has 8 heteroatoms. The Morgan fingerprint density at radius 3 is 2.60 bits per heavy atom. The average Bonchev–Trinajstić information content (AvgIpc) is 3.00. The molecule has 1 fully saturated rings. The SMILES string of the molecule is CSc1ncc2c(n1)CN(C1C(C)(C)C(Oc3ccc(C#N)c(Cl)c3)C1(C)C)C2O. The minimum absolute atomic E-state index is 0.0748. The molecular weight excluding hydrogens is 420 g/mol. The Labute approximate surface area is 186 Å². The Kier molecular flexibility index (Phi) is 5.26. The molecule has 6 nitrogen and oxygen atoms in total. The van der Waals surface area contributed by atoms with Crippen LogP contribution in [0.2, 0.25) is 5.02 Å². The number of rotatable bonds is 4. The Morgan fingerprint density at radius 1 is 1.30 bits per heavy atom. The van der Waals surface area contributed by atoms with Crippen molar-refractivity contribution in [1.29, 1.82) is 5.26 Å². The Morgan fingerprint density at radius 2 is 2.00 bits per heavy atom. The molecule has 0 saturated heterocycles. The summed E-state index contributed by atoms with van der Waals surface area (Å²) in [5.74, 6) is 0.643. The first kappa shape index (κ1) is 21.4. The van der Waals surface area contributed by atoms with Crippen LogP contribution in [0.15, 0.2) is 29.6 Å². The normalized spacial score (nSPS) is 26.5. The number of hydrogen-bond acceptors (Lipinski definition) is 7. The van der Waals surface area contributed by atoms with E-state index in [1.807, 2.05) is 6.26 Å². The zero-order chi connectivity index (χ0) is 21.8. The van der Waals surface area contributed by atoms with Crippen molar-refractivity contribution in [3.63, 3.8) is 0 Å². The highest BCUT2D eigenvalue weighted by atomic mass is 35.5. The topological polar surface area (TPSA) is 82.3 Å². The predicted octanol–water partition coefficient (Wildman–Crippen LogP) is 4.41. The van der Waals surface area contributed by atoms with Gasteiger partial charge in [0.2, 0.25) is 0 Å². The van der Waals surface area contributed by atoms with Crippen molar-refractivity contribution >= 4 is 23.4 Å². The number of fused-ring (bicyclic) bond motifs is 1. The van der Waals surface area contributed by atoms with Crippen molar-refractivity contribution in [2.75, 3.05) is 6.26 Å². The highest BCUT2D eigenvalue weighted by Gasteiger charge is 2.66. The van der Waals surface area contributed by atoms with E-state index in [2.05, 4.69) is 48.6 Å². The molecule has 158 valence electrons.